The number of nitrogens with one attached hydrogen (secondary N) is 3. The molecule has 0 atom stereocenters. The first kappa shape index (κ1) is 15.7. The van der Waals surface area contributed by atoms with E-state index < -0.39 is 0 Å². The van der Waals surface area contributed by atoms with Crippen molar-refractivity contribution in [2.45, 2.75) is 20.3 Å². The van der Waals surface area contributed by atoms with E-state index in [9.17, 15) is 0 Å². The molecule has 0 amide bonds. The Bertz CT molecular complexity index is 616. The van der Waals surface area contributed by atoms with Crippen molar-refractivity contribution in [3.05, 3.63) is 35.0 Å². The molecular formula is C16H23ClN4. The van der Waals surface area contributed by atoms with Gasteiger partial charge in [0, 0.05) is 42.3 Å². The molecule has 0 spiro atoms. The van der Waals surface area contributed by atoms with Crippen LogP contribution in [0.4, 0.5) is 0 Å². The molecular weight excluding hydrogens is 284 g/mol. The van der Waals surface area contributed by atoms with Gasteiger partial charge in [-0.25, -0.2) is 0 Å². The largest absolute Gasteiger partial charge is 0.361 e. The first-order valence-electron chi connectivity index (χ1n) is 7.30. The van der Waals surface area contributed by atoms with Crippen LogP contribution in [-0.4, -0.2) is 31.1 Å². The van der Waals surface area contributed by atoms with E-state index in [1.165, 1.54) is 10.9 Å². The molecule has 2 rings (SSSR count). The number of benzene rings is 1. The topological polar surface area (TPSA) is 52.2 Å². The van der Waals surface area contributed by atoms with Crippen molar-refractivity contribution >= 4 is 28.5 Å². The third-order valence-corrected chi connectivity index (χ3v) is 3.55. The van der Waals surface area contributed by atoms with Gasteiger partial charge in [0.2, 0.25) is 0 Å². The van der Waals surface area contributed by atoms with Crippen LogP contribution in [0.1, 0.15) is 19.4 Å². The Hall–Kier alpha value is -1.68. The average molecular weight is 307 g/mol. The Kier molecular flexibility index (Phi) is 5.51. The summed E-state index contributed by atoms with van der Waals surface area (Å²) in [6, 6.07) is 5.92. The number of guanidine groups is 1. The lowest BCUT2D eigenvalue weighted by Gasteiger charge is -2.13. The Labute approximate surface area is 131 Å². The molecule has 0 fully saturated rings. The number of nitrogens with zero attached hydrogens (tertiary/aromatic N) is 1. The maximum Gasteiger partial charge on any atom is 0.190 e. The number of aliphatic imine (C=N–C) groups is 1. The summed E-state index contributed by atoms with van der Waals surface area (Å²) in [7, 11) is 1.79. The van der Waals surface area contributed by atoms with Crippen LogP contribution in [0.15, 0.2) is 29.4 Å². The van der Waals surface area contributed by atoms with Crippen molar-refractivity contribution < 1.29 is 0 Å². The van der Waals surface area contributed by atoms with Gasteiger partial charge >= 0.3 is 0 Å². The van der Waals surface area contributed by atoms with Crippen molar-refractivity contribution in [2.75, 3.05) is 20.1 Å². The summed E-state index contributed by atoms with van der Waals surface area (Å²) in [5.74, 6) is 1.45. The standard InChI is InChI=1S/C16H23ClN4/c1-11(2)9-21-16(18-3)19-7-6-12-10-20-15-5-4-13(17)8-14(12)15/h4-5,8,10-11,20H,6-7,9H2,1-3H3,(H2,18,19,21). The average Bonchev–Trinajstić information content (AvgIpc) is 2.85. The van der Waals surface area contributed by atoms with Gasteiger partial charge in [-0.3, -0.25) is 4.99 Å². The van der Waals surface area contributed by atoms with Crippen LogP contribution < -0.4 is 10.6 Å². The maximum atomic E-state index is 6.07. The molecule has 0 aliphatic carbocycles. The normalized spacial score (nSPS) is 12.1. The van der Waals surface area contributed by atoms with Gasteiger partial charge in [-0.05, 0) is 36.1 Å². The molecule has 1 aromatic carbocycles. The quantitative estimate of drug-likeness (QED) is 0.587. The van der Waals surface area contributed by atoms with Crippen LogP contribution in [0.5, 0.6) is 0 Å². The molecule has 0 aliphatic rings. The molecule has 0 saturated heterocycles. The van der Waals surface area contributed by atoms with E-state index in [0.717, 1.165) is 36.0 Å². The summed E-state index contributed by atoms with van der Waals surface area (Å²) in [4.78, 5) is 7.50. The van der Waals surface area contributed by atoms with Crippen LogP contribution >= 0.6 is 11.6 Å². The van der Waals surface area contributed by atoms with E-state index >= 15 is 0 Å². The molecule has 2 aromatic rings. The van der Waals surface area contributed by atoms with Crippen LogP contribution in [0, 0.1) is 5.92 Å². The molecule has 4 nitrogen and oxygen atoms in total. The lowest BCUT2D eigenvalue weighted by molar-refractivity contribution is 0.614. The predicted molar refractivity (Wildman–Crippen MR) is 91.2 cm³/mol. The predicted octanol–water partition coefficient (Wildman–Crippen LogP) is 3.18. The summed E-state index contributed by atoms with van der Waals surface area (Å²) in [6.45, 7) is 6.10. The van der Waals surface area contributed by atoms with E-state index in [2.05, 4.69) is 34.5 Å². The smallest absolute Gasteiger partial charge is 0.190 e. The zero-order chi connectivity index (χ0) is 15.2. The summed E-state index contributed by atoms with van der Waals surface area (Å²) >= 11 is 6.07. The number of fused-ring (bicyclic) bond motifs is 1. The number of aromatic nitrogens is 1. The van der Waals surface area contributed by atoms with Gasteiger partial charge in [0.05, 0.1) is 0 Å². The summed E-state index contributed by atoms with van der Waals surface area (Å²) in [6.07, 6.45) is 2.97. The first-order valence-corrected chi connectivity index (χ1v) is 7.68. The van der Waals surface area contributed by atoms with E-state index in [1.807, 2.05) is 24.4 Å². The Balaban J connectivity index is 1.91. The van der Waals surface area contributed by atoms with E-state index in [0.29, 0.717) is 5.92 Å². The second kappa shape index (κ2) is 7.36. The number of rotatable bonds is 5. The van der Waals surface area contributed by atoms with Crippen LogP contribution in [0.3, 0.4) is 0 Å². The highest BCUT2D eigenvalue weighted by Gasteiger charge is 2.05. The summed E-state index contributed by atoms with van der Waals surface area (Å²) in [5, 5.41) is 8.60. The van der Waals surface area contributed by atoms with E-state index in [1.54, 1.807) is 7.05 Å². The monoisotopic (exact) mass is 306 g/mol. The van der Waals surface area contributed by atoms with Gasteiger partial charge in [0.15, 0.2) is 5.96 Å². The van der Waals surface area contributed by atoms with Crippen molar-refractivity contribution in [3.63, 3.8) is 0 Å². The molecule has 21 heavy (non-hydrogen) atoms. The zero-order valence-electron chi connectivity index (χ0n) is 12.8. The lowest BCUT2D eigenvalue weighted by atomic mass is 10.1. The van der Waals surface area contributed by atoms with Crippen molar-refractivity contribution in [1.29, 1.82) is 0 Å². The number of halogens is 1. The van der Waals surface area contributed by atoms with E-state index in [-0.39, 0.29) is 0 Å². The molecule has 5 heteroatoms. The van der Waals surface area contributed by atoms with Gasteiger partial charge in [-0.1, -0.05) is 25.4 Å². The highest BCUT2D eigenvalue weighted by molar-refractivity contribution is 6.31. The maximum absolute atomic E-state index is 6.07. The van der Waals surface area contributed by atoms with Gasteiger partial charge in [-0.15, -0.1) is 0 Å². The number of aromatic amines is 1. The minimum Gasteiger partial charge on any atom is -0.361 e. The zero-order valence-corrected chi connectivity index (χ0v) is 13.6. The van der Waals surface area contributed by atoms with Crippen molar-refractivity contribution in [1.82, 2.24) is 15.6 Å². The van der Waals surface area contributed by atoms with Crippen molar-refractivity contribution in [2.24, 2.45) is 10.9 Å². The number of hydrogen-bond acceptors (Lipinski definition) is 1. The fourth-order valence-electron chi connectivity index (χ4n) is 2.19. The molecule has 3 N–H and O–H groups in total. The first-order chi connectivity index (χ1) is 10.1. The third kappa shape index (κ3) is 4.39. The number of H-pyrrole nitrogens is 1. The Morgan fingerprint density at radius 3 is 2.86 bits per heavy atom. The fraction of sp³-hybridized carbons (Fsp3) is 0.438. The third-order valence-electron chi connectivity index (χ3n) is 3.32. The molecule has 0 aliphatic heterocycles. The SMILES string of the molecule is CN=C(NCCc1c[nH]c2ccc(Cl)cc12)NCC(C)C. The molecule has 1 heterocycles. The van der Waals surface area contributed by atoms with Crippen LogP contribution in [0.2, 0.25) is 5.02 Å². The van der Waals surface area contributed by atoms with E-state index in [4.69, 9.17) is 11.6 Å². The van der Waals surface area contributed by atoms with Crippen molar-refractivity contribution in [3.8, 4) is 0 Å². The highest BCUT2D eigenvalue weighted by atomic mass is 35.5. The number of hydrogen-bond donors (Lipinski definition) is 3. The van der Waals surface area contributed by atoms with Gasteiger partial charge in [0.25, 0.3) is 0 Å². The Morgan fingerprint density at radius 1 is 1.33 bits per heavy atom. The van der Waals surface area contributed by atoms with Crippen LogP contribution in [-0.2, 0) is 6.42 Å². The molecule has 0 bridgehead atoms. The molecule has 114 valence electrons. The Morgan fingerprint density at radius 2 is 2.14 bits per heavy atom. The van der Waals surface area contributed by atoms with Gasteiger partial charge in [0.1, 0.15) is 0 Å². The van der Waals surface area contributed by atoms with Crippen LogP contribution in [0.25, 0.3) is 10.9 Å². The summed E-state index contributed by atoms with van der Waals surface area (Å²) in [5.41, 5.74) is 2.39. The molecule has 1 aromatic heterocycles. The minimum absolute atomic E-state index is 0.597. The molecule has 0 radical (unpaired) electrons. The van der Waals surface area contributed by atoms with Gasteiger partial charge in [-0.2, -0.15) is 0 Å². The fourth-order valence-corrected chi connectivity index (χ4v) is 2.37. The second-order valence-electron chi connectivity index (χ2n) is 5.53. The van der Waals surface area contributed by atoms with Gasteiger partial charge < -0.3 is 15.6 Å². The summed E-state index contributed by atoms with van der Waals surface area (Å²) < 4.78 is 0. The second-order valence-corrected chi connectivity index (χ2v) is 5.96. The molecule has 0 saturated carbocycles. The minimum atomic E-state index is 0.597. The molecule has 0 unspecified atom stereocenters. The highest BCUT2D eigenvalue weighted by Crippen LogP contribution is 2.22. The lowest BCUT2D eigenvalue weighted by Crippen LogP contribution is -2.39.